The van der Waals surface area contributed by atoms with E-state index in [1.807, 2.05) is 34.2 Å². The molecular formula is C25H35N9O. The monoisotopic (exact) mass is 477 g/mol. The van der Waals surface area contributed by atoms with E-state index in [-0.39, 0.29) is 0 Å². The molecule has 0 spiro atoms. The summed E-state index contributed by atoms with van der Waals surface area (Å²) in [5, 5.41) is 13.3. The van der Waals surface area contributed by atoms with E-state index < -0.39 is 0 Å². The number of morpholine rings is 1. The third-order valence-corrected chi connectivity index (χ3v) is 6.75. The molecule has 10 heteroatoms. The lowest BCUT2D eigenvalue weighted by molar-refractivity contribution is 0.0469. The highest BCUT2D eigenvalue weighted by atomic mass is 16.5. The first kappa shape index (κ1) is 23.5. The Hall–Kier alpha value is -3.24. The number of nitrogens with zero attached hydrogens (tertiary/aromatic N) is 8. The van der Waals surface area contributed by atoms with Gasteiger partial charge in [0.05, 0.1) is 43.2 Å². The Kier molecular flexibility index (Phi) is 7.10. The Bertz CT molecular complexity index is 1190. The molecule has 35 heavy (non-hydrogen) atoms. The fourth-order valence-electron chi connectivity index (χ4n) is 4.76. The van der Waals surface area contributed by atoms with Crippen LogP contribution in [0.15, 0.2) is 48.7 Å². The van der Waals surface area contributed by atoms with E-state index in [9.17, 15) is 0 Å². The Labute approximate surface area is 206 Å². The number of allylic oxidation sites excluding steroid dienone is 4. The van der Waals surface area contributed by atoms with Gasteiger partial charge in [-0.1, -0.05) is 19.1 Å². The van der Waals surface area contributed by atoms with Gasteiger partial charge in [-0.25, -0.2) is 9.67 Å². The minimum Gasteiger partial charge on any atom is -0.378 e. The zero-order valence-electron chi connectivity index (χ0n) is 20.8. The van der Waals surface area contributed by atoms with Crippen molar-refractivity contribution in [3.05, 3.63) is 48.7 Å². The third-order valence-electron chi connectivity index (χ3n) is 6.75. The normalized spacial score (nSPS) is 20.6. The van der Waals surface area contributed by atoms with E-state index in [1.165, 1.54) is 5.70 Å². The quantitative estimate of drug-likeness (QED) is 0.503. The fourth-order valence-corrected chi connectivity index (χ4v) is 4.76. The molecule has 0 amide bonds. The van der Waals surface area contributed by atoms with Crippen LogP contribution in [0.25, 0.3) is 11.0 Å². The summed E-state index contributed by atoms with van der Waals surface area (Å²) in [4.78, 5) is 13.9. The molecule has 1 fully saturated rings. The molecule has 1 aliphatic heterocycles. The summed E-state index contributed by atoms with van der Waals surface area (Å²) >= 11 is 0. The summed E-state index contributed by atoms with van der Waals surface area (Å²) < 4.78 is 9.49. The molecule has 0 saturated carbocycles. The van der Waals surface area contributed by atoms with Gasteiger partial charge >= 0.3 is 0 Å². The summed E-state index contributed by atoms with van der Waals surface area (Å²) in [7, 11) is 4.17. The topological polar surface area (TPSA) is 89.2 Å². The van der Waals surface area contributed by atoms with Gasteiger partial charge < -0.3 is 19.9 Å². The van der Waals surface area contributed by atoms with Crippen molar-refractivity contribution in [3.8, 4) is 0 Å². The van der Waals surface area contributed by atoms with Crippen LogP contribution in [0.4, 0.5) is 11.6 Å². The van der Waals surface area contributed by atoms with Crippen molar-refractivity contribution in [2.75, 3.05) is 52.3 Å². The SMILES string of the molecule is CC1C(N2CCOCC2)=CC=CC1Cn1ncc2cnc(Nc3cnn(CCCN(C)C)c3)nc21. The smallest absolute Gasteiger partial charge is 0.229 e. The second-order valence-corrected chi connectivity index (χ2v) is 9.60. The molecule has 2 unspecified atom stereocenters. The maximum atomic E-state index is 5.54. The zero-order chi connectivity index (χ0) is 24.2. The summed E-state index contributed by atoms with van der Waals surface area (Å²) in [6, 6.07) is 0. The number of hydrogen-bond acceptors (Lipinski definition) is 8. The van der Waals surface area contributed by atoms with Crippen LogP contribution in [0, 0.1) is 11.8 Å². The Balaban J connectivity index is 1.26. The van der Waals surface area contributed by atoms with E-state index in [0.29, 0.717) is 17.8 Å². The third kappa shape index (κ3) is 5.54. The van der Waals surface area contributed by atoms with Gasteiger partial charge in [-0.2, -0.15) is 15.2 Å². The van der Waals surface area contributed by atoms with Crippen molar-refractivity contribution >= 4 is 22.7 Å². The molecule has 1 aliphatic carbocycles. The number of aromatic nitrogens is 6. The average molecular weight is 478 g/mol. The molecule has 3 aromatic rings. The number of fused-ring (bicyclic) bond motifs is 1. The summed E-state index contributed by atoms with van der Waals surface area (Å²) in [6.07, 6.45) is 15.2. The molecule has 1 N–H and O–H groups in total. The Morgan fingerprint density at radius 3 is 2.83 bits per heavy atom. The van der Waals surface area contributed by atoms with Crippen LogP contribution in [-0.4, -0.2) is 86.3 Å². The van der Waals surface area contributed by atoms with Crippen LogP contribution in [-0.2, 0) is 17.8 Å². The highest BCUT2D eigenvalue weighted by molar-refractivity contribution is 5.75. The molecule has 3 aromatic heterocycles. The number of hydrogen-bond donors (Lipinski definition) is 1. The number of anilines is 2. The first-order valence-corrected chi connectivity index (χ1v) is 12.4. The first-order chi connectivity index (χ1) is 17.1. The van der Waals surface area contributed by atoms with Crippen molar-refractivity contribution in [3.63, 3.8) is 0 Å². The molecule has 2 aliphatic rings. The molecule has 0 radical (unpaired) electrons. The fraction of sp³-hybridized carbons (Fsp3) is 0.520. The van der Waals surface area contributed by atoms with Gasteiger partial charge in [0.1, 0.15) is 0 Å². The number of ether oxygens (including phenoxy) is 1. The second-order valence-electron chi connectivity index (χ2n) is 9.60. The zero-order valence-corrected chi connectivity index (χ0v) is 20.8. The Morgan fingerprint density at radius 2 is 2.00 bits per heavy atom. The number of aryl methyl sites for hydroxylation is 1. The van der Waals surface area contributed by atoms with Crippen molar-refractivity contribution in [1.82, 2.24) is 39.3 Å². The maximum Gasteiger partial charge on any atom is 0.229 e. The van der Waals surface area contributed by atoms with Crippen molar-refractivity contribution in [2.45, 2.75) is 26.4 Å². The van der Waals surface area contributed by atoms with E-state index in [2.05, 4.69) is 69.5 Å². The highest BCUT2D eigenvalue weighted by Crippen LogP contribution is 2.31. The van der Waals surface area contributed by atoms with Crippen LogP contribution in [0.3, 0.4) is 0 Å². The standard InChI is InChI=1S/C25H35N9O/c1-19-20(6-4-7-23(19)32-10-12-35-13-11-32)17-34-24-21(15-28-34)14-26-25(30-24)29-22-16-27-33(18-22)9-5-8-31(2)3/h4,6-7,14-16,18-20H,5,8-13,17H2,1-3H3,(H,26,29,30). The van der Waals surface area contributed by atoms with Crippen LogP contribution in [0.5, 0.6) is 0 Å². The molecule has 0 aromatic carbocycles. The molecule has 2 atom stereocenters. The maximum absolute atomic E-state index is 5.54. The highest BCUT2D eigenvalue weighted by Gasteiger charge is 2.27. The van der Waals surface area contributed by atoms with Gasteiger partial charge in [0.2, 0.25) is 5.95 Å². The lowest BCUT2D eigenvalue weighted by Crippen LogP contribution is -2.39. The van der Waals surface area contributed by atoms with Crippen LogP contribution < -0.4 is 5.32 Å². The summed E-state index contributed by atoms with van der Waals surface area (Å²) in [5.74, 6) is 1.29. The van der Waals surface area contributed by atoms with Gasteiger partial charge in [-0.3, -0.25) is 4.68 Å². The van der Waals surface area contributed by atoms with Gasteiger partial charge in [0, 0.05) is 49.6 Å². The molecule has 4 heterocycles. The minimum absolute atomic E-state index is 0.340. The van der Waals surface area contributed by atoms with Crippen molar-refractivity contribution in [2.24, 2.45) is 11.8 Å². The van der Waals surface area contributed by atoms with Gasteiger partial charge in [0.25, 0.3) is 0 Å². The molecule has 0 bridgehead atoms. The van der Waals surface area contributed by atoms with Crippen molar-refractivity contribution < 1.29 is 4.74 Å². The lowest BCUT2D eigenvalue weighted by atomic mass is 9.86. The van der Waals surface area contributed by atoms with Crippen molar-refractivity contribution in [1.29, 1.82) is 0 Å². The van der Waals surface area contributed by atoms with Crippen LogP contribution in [0.1, 0.15) is 13.3 Å². The Morgan fingerprint density at radius 1 is 1.14 bits per heavy atom. The van der Waals surface area contributed by atoms with Gasteiger partial charge in [-0.15, -0.1) is 0 Å². The van der Waals surface area contributed by atoms with E-state index in [1.54, 1.807) is 0 Å². The minimum atomic E-state index is 0.340. The van der Waals surface area contributed by atoms with E-state index >= 15 is 0 Å². The average Bonchev–Trinajstić information content (AvgIpc) is 3.47. The number of nitrogens with one attached hydrogen (secondary N) is 1. The van der Waals surface area contributed by atoms with Gasteiger partial charge in [0.15, 0.2) is 5.65 Å². The molecular weight excluding hydrogens is 442 g/mol. The summed E-state index contributed by atoms with van der Waals surface area (Å²) in [5.41, 5.74) is 3.10. The lowest BCUT2D eigenvalue weighted by Gasteiger charge is -2.37. The number of rotatable bonds is 9. The predicted molar refractivity (Wildman–Crippen MR) is 136 cm³/mol. The first-order valence-electron chi connectivity index (χ1n) is 12.4. The predicted octanol–water partition coefficient (Wildman–Crippen LogP) is 2.76. The van der Waals surface area contributed by atoms with Crippen LogP contribution >= 0.6 is 0 Å². The van der Waals surface area contributed by atoms with Gasteiger partial charge in [-0.05, 0) is 33.1 Å². The van der Waals surface area contributed by atoms with E-state index in [0.717, 1.165) is 69.1 Å². The van der Waals surface area contributed by atoms with Crippen LogP contribution in [0.2, 0.25) is 0 Å². The second kappa shape index (κ2) is 10.6. The largest absolute Gasteiger partial charge is 0.378 e. The molecule has 1 saturated heterocycles. The summed E-state index contributed by atoms with van der Waals surface area (Å²) in [6.45, 7) is 8.48. The van der Waals surface area contributed by atoms with E-state index in [4.69, 9.17) is 9.72 Å². The molecule has 186 valence electrons. The molecule has 5 rings (SSSR count). The molecule has 10 nitrogen and oxygen atoms in total.